The molecule has 0 saturated carbocycles. The van der Waals surface area contributed by atoms with Crippen LogP contribution in [0.15, 0.2) is 0 Å². The Labute approximate surface area is 96.0 Å². The average Bonchev–Trinajstić information content (AvgIpc) is 2.33. The van der Waals surface area contributed by atoms with Gasteiger partial charge in [-0.15, -0.1) is 0 Å². The van der Waals surface area contributed by atoms with Crippen molar-refractivity contribution in [1.82, 2.24) is 4.90 Å². The van der Waals surface area contributed by atoms with Gasteiger partial charge in [0.15, 0.2) is 0 Å². The summed E-state index contributed by atoms with van der Waals surface area (Å²) >= 11 is 0. The van der Waals surface area contributed by atoms with E-state index >= 15 is 0 Å². The van der Waals surface area contributed by atoms with Gasteiger partial charge in [-0.3, -0.25) is 0 Å². The summed E-state index contributed by atoms with van der Waals surface area (Å²) in [5.41, 5.74) is 0. The summed E-state index contributed by atoms with van der Waals surface area (Å²) in [6.45, 7) is 14.0. The summed E-state index contributed by atoms with van der Waals surface area (Å²) in [7, 11) is 0. The van der Waals surface area contributed by atoms with Crippen LogP contribution in [0.25, 0.3) is 0 Å². The zero-order valence-corrected chi connectivity index (χ0v) is 11.1. The first-order valence-electron chi connectivity index (χ1n) is 6.66. The molecule has 0 aromatic rings. The molecular weight excluding hydrogens is 186 g/mol. The molecule has 0 aromatic heterocycles. The van der Waals surface area contributed by atoms with Crippen LogP contribution >= 0.6 is 0 Å². The smallest absolute Gasteiger partial charge is 0.0468 e. The lowest BCUT2D eigenvalue weighted by atomic mass is 9.94. The van der Waals surface area contributed by atoms with Crippen LogP contribution in [0.2, 0.25) is 0 Å². The molecule has 0 bridgehead atoms. The molecule has 0 unspecified atom stereocenters. The molecule has 0 amide bonds. The standard InChI is InChI=1S/C11H23NO.C2H6/c1-3-12-8-5-11(6-9-12)7-10-13-4-2;1-2/h11H,3-10H2,1-2H3;1-2H3. The van der Waals surface area contributed by atoms with Crippen molar-refractivity contribution >= 4 is 0 Å². The van der Waals surface area contributed by atoms with Crippen molar-refractivity contribution in [3.05, 3.63) is 0 Å². The van der Waals surface area contributed by atoms with Crippen LogP contribution in [-0.2, 0) is 4.74 Å². The first-order chi connectivity index (χ1) is 7.36. The highest BCUT2D eigenvalue weighted by atomic mass is 16.5. The number of piperidine rings is 1. The maximum absolute atomic E-state index is 5.38. The fourth-order valence-electron chi connectivity index (χ4n) is 1.99. The monoisotopic (exact) mass is 215 g/mol. The van der Waals surface area contributed by atoms with E-state index in [0.717, 1.165) is 19.1 Å². The molecule has 0 atom stereocenters. The summed E-state index contributed by atoms with van der Waals surface area (Å²) in [6, 6.07) is 0. The topological polar surface area (TPSA) is 12.5 Å². The van der Waals surface area contributed by atoms with Gasteiger partial charge >= 0.3 is 0 Å². The molecule has 1 fully saturated rings. The minimum atomic E-state index is 0.869. The third kappa shape index (κ3) is 6.91. The van der Waals surface area contributed by atoms with E-state index in [9.17, 15) is 0 Å². The summed E-state index contributed by atoms with van der Waals surface area (Å²) in [5, 5.41) is 0. The Morgan fingerprint density at radius 2 is 1.73 bits per heavy atom. The lowest BCUT2D eigenvalue weighted by Gasteiger charge is -2.30. The zero-order chi connectivity index (χ0) is 11.5. The zero-order valence-electron chi connectivity index (χ0n) is 11.1. The second-order valence-electron chi connectivity index (χ2n) is 3.86. The van der Waals surface area contributed by atoms with E-state index in [0.29, 0.717) is 0 Å². The number of hydrogen-bond donors (Lipinski definition) is 0. The van der Waals surface area contributed by atoms with Crippen LogP contribution in [0.5, 0.6) is 0 Å². The number of hydrogen-bond acceptors (Lipinski definition) is 2. The Kier molecular flexibility index (Phi) is 10.4. The lowest BCUT2D eigenvalue weighted by molar-refractivity contribution is 0.111. The van der Waals surface area contributed by atoms with Gasteiger partial charge < -0.3 is 9.64 Å². The quantitative estimate of drug-likeness (QED) is 0.653. The largest absolute Gasteiger partial charge is 0.382 e. The normalized spacial score (nSPS) is 18.4. The van der Waals surface area contributed by atoms with Gasteiger partial charge in [0, 0.05) is 13.2 Å². The van der Waals surface area contributed by atoms with Gasteiger partial charge in [-0.25, -0.2) is 0 Å². The highest BCUT2D eigenvalue weighted by Gasteiger charge is 2.17. The van der Waals surface area contributed by atoms with E-state index in [1.54, 1.807) is 0 Å². The van der Waals surface area contributed by atoms with E-state index in [1.807, 2.05) is 13.8 Å². The van der Waals surface area contributed by atoms with Crippen molar-refractivity contribution in [1.29, 1.82) is 0 Å². The van der Waals surface area contributed by atoms with Gasteiger partial charge in [0.2, 0.25) is 0 Å². The van der Waals surface area contributed by atoms with E-state index in [-0.39, 0.29) is 0 Å². The van der Waals surface area contributed by atoms with Crippen molar-refractivity contribution in [2.45, 2.75) is 47.0 Å². The maximum atomic E-state index is 5.38. The van der Waals surface area contributed by atoms with E-state index in [2.05, 4.69) is 18.7 Å². The minimum Gasteiger partial charge on any atom is -0.382 e. The van der Waals surface area contributed by atoms with Crippen LogP contribution in [0, 0.1) is 5.92 Å². The van der Waals surface area contributed by atoms with Gasteiger partial charge in [-0.1, -0.05) is 20.8 Å². The van der Waals surface area contributed by atoms with Gasteiger partial charge in [-0.05, 0) is 51.7 Å². The maximum Gasteiger partial charge on any atom is 0.0468 e. The Morgan fingerprint density at radius 1 is 1.13 bits per heavy atom. The van der Waals surface area contributed by atoms with Crippen LogP contribution in [0.3, 0.4) is 0 Å². The molecular formula is C13H29NO. The molecule has 0 aromatic carbocycles. The molecule has 15 heavy (non-hydrogen) atoms. The molecule has 1 heterocycles. The molecule has 0 spiro atoms. The predicted molar refractivity (Wildman–Crippen MR) is 67.3 cm³/mol. The van der Waals surface area contributed by atoms with E-state index < -0.39 is 0 Å². The molecule has 0 N–H and O–H groups in total. The average molecular weight is 215 g/mol. The van der Waals surface area contributed by atoms with Crippen LogP contribution in [0.4, 0.5) is 0 Å². The second kappa shape index (κ2) is 10.4. The lowest BCUT2D eigenvalue weighted by Crippen LogP contribution is -2.33. The summed E-state index contributed by atoms with van der Waals surface area (Å²) in [4.78, 5) is 2.54. The first kappa shape index (κ1) is 14.9. The molecule has 1 saturated heterocycles. The Hall–Kier alpha value is -0.0800. The minimum absolute atomic E-state index is 0.869. The molecule has 1 aliphatic rings. The molecule has 1 rings (SSSR count). The molecule has 0 aliphatic carbocycles. The Bertz CT molecular complexity index is 117. The molecule has 2 heteroatoms. The molecule has 1 aliphatic heterocycles. The third-order valence-corrected chi connectivity index (χ3v) is 3.03. The molecule has 2 nitrogen and oxygen atoms in total. The molecule has 92 valence electrons. The fraction of sp³-hybridized carbons (Fsp3) is 1.00. The Morgan fingerprint density at radius 3 is 2.20 bits per heavy atom. The van der Waals surface area contributed by atoms with Crippen LogP contribution in [0.1, 0.15) is 47.0 Å². The predicted octanol–water partition coefficient (Wildman–Crippen LogP) is 3.17. The van der Waals surface area contributed by atoms with Crippen LogP contribution < -0.4 is 0 Å². The van der Waals surface area contributed by atoms with Crippen molar-refractivity contribution in [3.8, 4) is 0 Å². The summed E-state index contributed by atoms with van der Waals surface area (Å²) in [6.07, 6.45) is 4.02. The van der Waals surface area contributed by atoms with E-state index in [4.69, 9.17) is 4.74 Å². The Balaban J connectivity index is 0.000000921. The van der Waals surface area contributed by atoms with Gasteiger partial charge in [0.05, 0.1) is 0 Å². The fourth-order valence-corrected chi connectivity index (χ4v) is 1.99. The van der Waals surface area contributed by atoms with Crippen LogP contribution in [-0.4, -0.2) is 37.7 Å². The molecule has 0 radical (unpaired) electrons. The summed E-state index contributed by atoms with van der Waals surface area (Å²) < 4.78 is 5.38. The van der Waals surface area contributed by atoms with Crippen molar-refractivity contribution in [3.63, 3.8) is 0 Å². The number of nitrogens with zero attached hydrogens (tertiary/aromatic N) is 1. The number of likely N-dealkylation sites (tertiary alicyclic amines) is 1. The SMILES string of the molecule is CC.CCOCCC1CCN(CC)CC1. The third-order valence-electron chi connectivity index (χ3n) is 3.03. The second-order valence-corrected chi connectivity index (χ2v) is 3.86. The highest BCUT2D eigenvalue weighted by Crippen LogP contribution is 2.19. The summed E-state index contributed by atoms with van der Waals surface area (Å²) in [5.74, 6) is 0.925. The van der Waals surface area contributed by atoms with Crippen molar-refractivity contribution < 1.29 is 4.74 Å². The van der Waals surface area contributed by atoms with Gasteiger partial charge in [-0.2, -0.15) is 0 Å². The van der Waals surface area contributed by atoms with Crippen molar-refractivity contribution in [2.75, 3.05) is 32.8 Å². The highest BCUT2D eigenvalue weighted by molar-refractivity contribution is 4.71. The first-order valence-corrected chi connectivity index (χ1v) is 6.66. The number of rotatable bonds is 5. The van der Waals surface area contributed by atoms with Gasteiger partial charge in [0.1, 0.15) is 0 Å². The number of ether oxygens (including phenoxy) is 1. The van der Waals surface area contributed by atoms with E-state index in [1.165, 1.54) is 38.9 Å². The van der Waals surface area contributed by atoms with Crippen molar-refractivity contribution in [2.24, 2.45) is 5.92 Å². The van der Waals surface area contributed by atoms with Gasteiger partial charge in [0.25, 0.3) is 0 Å².